The largest absolute Gasteiger partial charge is 0.338 e. The lowest BCUT2D eigenvalue weighted by Crippen LogP contribution is -1.96. The summed E-state index contributed by atoms with van der Waals surface area (Å²) >= 11 is 0. The van der Waals surface area contributed by atoms with Crippen molar-refractivity contribution >= 4 is 11.8 Å². The van der Waals surface area contributed by atoms with Crippen LogP contribution in [0.4, 0.5) is 11.8 Å². The Morgan fingerprint density at radius 1 is 1.12 bits per heavy atom. The smallest absolute Gasteiger partial charge is 0.269 e. The van der Waals surface area contributed by atoms with Crippen LogP contribution in [0, 0.1) is 20.8 Å². The molecule has 0 bridgehead atoms. The lowest BCUT2D eigenvalue weighted by molar-refractivity contribution is 0.394. The first-order chi connectivity index (χ1) is 8.15. The van der Waals surface area contributed by atoms with Crippen LogP contribution in [-0.2, 0) is 0 Å². The molecule has 0 aliphatic heterocycles. The fourth-order valence-electron chi connectivity index (χ4n) is 1.16. The van der Waals surface area contributed by atoms with Crippen molar-refractivity contribution < 1.29 is 4.52 Å². The summed E-state index contributed by atoms with van der Waals surface area (Å²) in [7, 11) is 0. The molecule has 5 heteroatoms. The zero-order valence-electron chi connectivity index (χ0n) is 10.9. The maximum absolute atomic E-state index is 4.84. The Bertz CT molecular complexity index is 479. The van der Waals surface area contributed by atoms with Crippen LogP contribution >= 0.6 is 0 Å². The standard InChI is InChI=1S/C10H12N4O.C2H6/c1-6-4-9(11-5-7(6)2)13-10-12-8(3)15-14-10;1-2/h4-5H,1-3H3,(H,11,13,14);1-2H3. The highest BCUT2D eigenvalue weighted by molar-refractivity contribution is 5.49. The average molecular weight is 234 g/mol. The summed E-state index contributed by atoms with van der Waals surface area (Å²) in [6.07, 6.45) is 1.81. The second-order valence-corrected chi connectivity index (χ2v) is 3.42. The molecule has 0 amide bonds. The predicted octanol–water partition coefficient (Wildman–Crippen LogP) is 3.16. The highest BCUT2D eigenvalue weighted by Crippen LogP contribution is 2.14. The van der Waals surface area contributed by atoms with Crippen molar-refractivity contribution in [2.24, 2.45) is 0 Å². The highest BCUT2D eigenvalue weighted by Gasteiger charge is 2.03. The molecule has 5 nitrogen and oxygen atoms in total. The van der Waals surface area contributed by atoms with Gasteiger partial charge in [0.25, 0.3) is 5.95 Å². The van der Waals surface area contributed by atoms with E-state index >= 15 is 0 Å². The second kappa shape index (κ2) is 5.98. The van der Waals surface area contributed by atoms with Crippen LogP contribution in [0.5, 0.6) is 0 Å². The molecule has 0 saturated heterocycles. The van der Waals surface area contributed by atoms with Gasteiger partial charge in [0.2, 0.25) is 5.89 Å². The van der Waals surface area contributed by atoms with Crippen molar-refractivity contribution in [1.29, 1.82) is 0 Å². The summed E-state index contributed by atoms with van der Waals surface area (Å²) in [4.78, 5) is 8.24. The Hall–Kier alpha value is -1.91. The molecular weight excluding hydrogens is 216 g/mol. The maximum Gasteiger partial charge on any atom is 0.269 e. The summed E-state index contributed by atoms with van der Waals surface area (Å²) in [5, 5.41) is 6.69. The molecule has 0 atom stereocenters. The third-order valence-electron chi connectivity index (χ3n) is 2.14. The zero-order valence-corrected chi connectivity index (χ0v) is 10.9. The van der Waals surface area contributed by atoms with E-state index in [2.05, 4.69) is 20.4 Å². The van der Waals surface area contributed by atoms with Crippen molar-refractivity contribution in [3.63, 3.8) is 0 Å². The van der Waals surface area contributed by atoms with E-state index in [0.717, 1.165) is 11.4 Å². The quantitative estimate of drug-likeness (QED) is 0.864. The van der Waals surface area contributed by atoms with Crippen molar-refractivity contribution in [1.82, 2.24) is 15.1 Å². The molecule has 0 radical (unpaired) electrons. The number of nitrogens with one attached hydrogen (secondary N) is 1. The van der Waals surface area contributed by atoms with Gasteiger partial charge in [-0.3, -0.25) is 0 Å². The molecule has 17 heavy (non-hydrogen) atoms. The summed E-state index contributed by atoms with van der Waals surface area (Å²) in [6, 6.07) is 1.95. The normalized spacial score (nSPS) is 9.47. The predicted molar refractivity (Wildman–Crippen MR) is 67.4 cm³/mol. The van der Waals surface area contributed by atoms with Gasteiger partial charge in [0.1, 0.15) is 5.82 Å². The minimum absolute atomic E-state index is 0.434. The van der Waals surface area contributed by atoms with Crippen molar-refractivity contribution in [3.8, 4) is 0 Å². The van der Waals surface area contributed by atoms with E-state index in [-0.39, 0.29) is 0 Å². The molecule has 2 heterocycles. The van der Waals surface area contributed by atoms with E-state index in [1.165, 1.54) is 5.56 Å². The van der Waals surface area contributed by atoms with Crippen molar-refractivity contribution in [3.05, 3.63) is 29.3 Å². The molecule has 0 aromatic carbocycles. The fourth-order valence-corrected chi connectivity index (χ4v) is 1.16. The number of anilines is 2. The van der Waals surface area contributed by atoms with Gasteiger partial charge in [-0.1, -0.05) is 13.8 Å². The first-order valence-electron chi connectivity index (χ1n) is 5.66. The number of pyridine rings is 1. The van der Waals surface area contributed by atoms with Crippen LogP contribution in [0.1, 0.15) is 30.9 Å². The molecule has 0 spiro atoms. The van der Waals surface area contributed by atoms with E-state index in [4.69, 9.17) is 4.52 Å². The fraction of sp³-hybridized carbons (Fsp3) is 0.417. The van der Waals surface area contributed by atoms with E-state index in [1.807, 2.05) is 40.0 Å². The zero-order chi connectivity index (χ0) is 12.8. The Morgan fingerprint density at radius 2 is 1.82 bits per heavy atom. The molecule has 0 aliphatic rings. The van der Waals surface area contributed by atoms with Gasteiger partial charge >= 0.3 is 0 Å². The van der Waals surface area contributed by atoms with Crippen molar-refractivity contribution in [2.45, 2.75) is 34.6 Å². The van der Waals surface area contributed by atoms with Crippen LogP contribution < -0.4 is 5.32 Å². The maximum atomic E-state index is 4.84. The molecule has 92 valence electrons. The van der Waals surface area contributed by atoms with Crippen LogP contribution in [-0.4, -0.2) is 15.1 Å². The SMILES string of the molecule is CC.Cc1nc(Nc2cc(C)c(C)cn2)no1. The molecule has 1 N–H and O–H groups in total. The third-order valence-corrected chi connectivity index (χ3v) is 2.14. The summed E-state index contributed by atoms with van der Waals surface area (Å²) < 4.78 is 4.84. The molecule has 0 unspecified atom stereocenters. The monoisotopic (exact) mass is 234 g/mol. The molecule has 0 aliphatic carbocycles. The van der Waals surface area contributed by atoms with Gasteiger partial charge in [-0.15, -0.1) is 0 Å². The number of aromatic nitrogens is 3. The lowest BCUT2D eigenvalue weighted by atomic mass is 10.2. The van der Waals surface area contributed by atoms with Gasteiger partial charge in [0.15, 0.2) is 0 Å². The Kier molecular flexibility index (Phi) is 4.63. The summed E-state index contributed by atoms with van der Waals surface area (Å²) in [6.45, 7) is 9.79. The highest BCUT2D eigenvalue weighted by atomic mass is 16.5. The molecule has 0 fully saturated rings. The Balaban J connectivity index is 0.000000686. The molecular formula is C12H18N4O. The van der Waals surface area contributed by atoms with E-state index in [0.29, 0.717) is 11.8 Å². The number of hydrogen-bond donors (Lipinski definition) is 1. The van der Waals surface area contributed by atoms with Gasteiger partial charge in [-0.25, -0.2) is 4.98 Å². The van der Waals surface area contributed by atoms with E-state index in [1.54, 1.807) is 6.92 Å². The van der Waals surface area contributed by atoms with E-state index in [9.17, 15) is 0 Å². The number of hydrogen-bond acceptors (Lipinski definition) is 5. The van der Waals surface area contributed by atoms with Gasteiger partial charge < -0.3 is 9.84 Å². The molecule has 2 rings (SSSR count). The summed E-state index contributed by atoms with van der Waals surface area (Å²) in [5.41, 5.74) is 2.33. The minimum atomic E-state index is 0.434. The van der Waals surface area contributed by atoms with Crippen LogP contribution in [0.3, 0.4) is 0 Å². The topological polar surface area (TPSA) is 63.8 Å². The van der Waals surface area contributed by atoms with Crippen molar-refractivity contribution in [2.75, 3.05) is 5.32 Å². The van der Waals surface area contributed by atoms with Gasteiger partial charge in [-0.2, -0.15) is 4.98 Å². The number of nitrogens with zero attached hydrogens (tertiary/aromatic N) is 3. The van der Waals surface area contributed by atoms with E-state index < -0.39 is 0 Å². The lowest BCUT2D eigenvalue weighted by Gasteiger charge is -2.03. The number of aryl methyl sites for hydroxylation is 3. The second-order valence-electron chi connectivity index (χ2n) is 3.42. The van der Waals surface area contributed by atoms with Crippen LogP contribution in [0.25, 0.3) is 0 Å². The molecule has 0 saturated carbocycles. The molecule has 2 aromatic heterocycles. The van der Waals surface area contributed by atoms with Gasteiger partial charge in [0.05, 0.1) is 0 Å². The van der Waals surface area contributed by atoms with Gasteiger partial charge in [0, 0.05) is 13.1 Å². The summed E-state index contributed by atoms with van der Waals surface area (Å²) in [5.74, 6) is 1.68. The average Bonchev–Trinajstić information content (AvgIpc) is 2.72. The molecule has 2 aromatic rings. The Morgan fingerprint density at radius 3 is 2.35 bits per heavy atom. The first-order valence-corrected chi connectivity index (χ1v) is 5.66. The third kappa shape index (κ3) is 3.55. The minimum Gasteiger partial charge on any atom is -0.338 e. The first kappa shape index (κ1) is 13.2. The van der Waals surface area contributed by atoms with Crippen LogP contribution in [0.15, 0.2) is 16.8 Å². The number of rotatable bonds is 2. The van der Waals surface area contributed by atoms with Crippen LogP contribution in [0.2, 0.25) is 0 Å². The Labute approximate surface area is 101 Å². The van der Waals surface area contributed by atoms with Gasteiger partial charge in [-0.05, 0) is 36.2 Å².